The van der Waals surface area contributed by atoms with Crippen LogP contribution in [-0.2, 0) is 6.42 Å². The highest BCUT2D eigenvalue weighted by atomic mass is 79.9. The molecular formula is C23H24BrN3O2. The summed E-state index contributed by atoms with van der Waals surface area (Å²) in [5, 5.41) is 3.87. The molecule has 0 bridgehead atoms. The molecule has 5 nitrogen and oxygen atoms in total. The van der Waals surface area contributed by atoms with Gasteiger partial charge in [-0.3, -0.25) is 4.90 Å². The van der Waals surface area contributed by atoms with Crippen molar-refractivity contribution in [3.05, 3.63) is 70.3 Å². The van der Waals surface area contributed by atoms with Crippen molar-refractivity contribution in [2.24, 2.45) is 5.73 Å². The second-order valence-electron chi connectivity index (χ2n) is 7.92. The zero-order valence-electron chi connectivity index (χ0n) is 16.1. The molecule has 2 N–H and O–H groups in total. The van der Waals surface area contributed by atoms with E-state index in [9.17, 15) is 0 Å². The highest BCUT2D eigenvalue weighted by molar-refractivity contribution is 9.10. The van der Waals surface area contributed by atoms with Crippen LogP contribution >= 0.6 is 15.9 Å². The Morgan fingerprint density at radius 1 is 1.17 bits per heavy atom. The minimum absolute atomic E-state index is 0.0423. The SMILES string of the molecule is N[C@@H]1CCCN([C@@H]2Cc3ccccc3[C@@H]2Oc2ccc(Br)cc2-c2ccno2)C1. The lowest BCUT2D eigenvalue weighted by Gasteiger charge is -2.38. The van der Waals surface area contributed by atoms with Gasteiger partial charge < -0.3 is 15.0 Å². The van der Waals surface area contributed by atoms with Crippen LogP contribution in [0, 0.1) is 0 Å². The van der Waals surface area contributed by atoms with E-state index in [0.717, 1.165) is 48.1 Å². The van der Waals surface area contributed by atoms with Crippen molar-refractivity contribution in [2.75, 3.05) is 13.1 Å². The molecule has 5 rings (SSSR count). The predicted octanol–water partition coefficient (Wildman–Crippen LogP) is 4.57. The zero-order valence-corrected chi connectivity index (χ0v) is 17.7. The topological polar surface area (TPSA) is 64.5 Å². The molecule has 2 heterocycles. The normalized spacial score (nSPS) is 24.4. The van der Waals surface area contributed by atoms with Gasteiger partial charge in [-0.1, -0.05) is 45.4 Å². The second kappa shape index (κ2) is 7.94. The Balaban J connectivity index is 1.51. The van der Waals surface area contributed by atoms with E-state index in [-0.39, 0.29) is 18.2 Å². The summed E-state index contributed by atoms with van der Waals surface area (Å²) in [6, 6.07) is 17.0. The number of nitrogens with two attached hydrogens (primary N) is 1. The fraction of sp³-hybridized carbons (Fsp3) is 0.348. The molecule has 150 valence electrons. The van der Waals surface area contributed by atoms with Crippen molar-refractivity contribution in [2.45, 2.75) is 37.5 Å². The molecule has 3 aromatic rings. The van der Waals surface area contributed by atoms with Gasteiger partial charge in [-0.15, -0.1) is 0 Å². The molecule has 1 saturated heterocycles. The first-order chi connectivity index (χ1) is 14.2. The minimum atomic E-state index is -0.0423. The van der Waals surface area contributed by atoms with Gasteiger partial charge in [-0.2, -0.15) is 0 Å². The van der Waals surface area contributed by atoms with Gasteiger partial charge in [0.15, 0.2) is 5.76 Å². The maximum Gasteiger partial charge on any atom is 0.170 e. The maximum absolute atomic E-state index is 6.72. The van der Waals surface area contributed by atoms with Crippen molar-refractivity contribution < 1.29 is 9.26 Å². The molecule has 0 radical (unpaired) electrons. The summed E-state index contributed by atoms with van der Waals surface area (Å²) in [4.78, 5) is 2.52. The zero-order chi connectivity index (χ0) is 19.8. The molecule has 0 spiro atoms. The summed E-state index contributed by atoms with van der Waals surface area (Å²) in [6.07, 6.45) is 4.84. The average Bonchev–Trinajstić information content (AvgIpc) is 3.38. The summed E-state index contributed by atoms with van der Waals surface area (Å²) >= 11 is 3.56. The van der Waals surface area contributed by atoms with Crippen LogP contribution in [0.15, 0.2) is 63.7 Å². The van der Waals surface area contributed by atoms with Crippen LogP contribution in [0.4, 0.5) is 0 Å². The smallest absolute Gasteiger partial charge is 0.170 e. The third-order valence-corrected chi connectivity index (χ3v) is 6.49. The molecule has 0 amide bonds. The number of hydrogen-bond acceptors (Lipinski definition) is 5. The number of aromatic nitrogens is 1. The Morgan fingerprint density at radius 3 is 2.90 bits per heavy atom. The fourth-order valence-corrected chi connectivity index (χ4v) is 4.99. The second-order valence-corrected chi connectivity index (χ2v) is 8.84. The number of ether oxygens (including phenoxy) is 1. The van der Waals surface area contributed by atoms with E-state index in [1.807, 2.05) is 24.3 Å². The fourth-order valence-electron chi connectivity index (χ4n) is 4.63. The minimum Gasteiger partial charge on any atom is -0.483 e. The lowest BCUT2D eigenvalue weighted by molar-refractivity contribution is 0.0595. The standard InChI is InChI=1S/C23H24BrN3O2/c24-16-7-8-21(19(13-16)22-9-10-26-29-22)28-23-18-6-2-1-4-15(18)12-20(23)27-11-3-5-17(25)14-27/h1-2,4,6-10,13,17,20,23H,3,5,11-12,14,25H2/t17-,20-,23+/m1/s1. The number of benzene rings is 2. The van der Waals surface area contributed by atoms with Crippen LogP contribution in [0.3, 0.4) is 0 Å². The summed E-state index contributed by atoms with van der Waals surface area (Å²) in [5.74, 6) is 1.50. The summed E-state index contributed by atoms with van der Waals surface area (Å²) in [5.41, 5.74) is 9.82. The van der Waals surface area contributed by atoms with E-state index in [4.69, 9.17) is 15.0 Å². The monoisotopic (exact) mass is 453 g/mol. The van der Waals surface area contributed by atoms with Gasteiger partial charge in [0, 0.05) is 23.1 Å². The molecule has 1 aliphatic heterocycles. The van der Waals surface area contributed by atoms with Crippen molar-refractivity contribution in [3.63, 3.8) is 0 Å². The van der Waals surface area contributed by atoms with Crippen molar-refractivity contribution >= 4 is 15.9 Å². The number of likely N-dealkylation sites (tertiary alicyclic amines) is 1. The van der Waals surface area contributed by atoms with Crippen molar-refractivity contribution in [3.8, 4) is 17.1 Å². The summed E-state index contributed by atoms with van der Waals surface area (Å²) < 4.78 is 13.1. The lowest BCUT2D eigenvalue weighted by atomic mass is 10.0. The van der Waals surface area contributed by atoms with Gasteiger partial charge in [-0.25, -0.2) is 0 Å². The van der Waals surface area contributed by atoms with E-state index < -0.39 is 0 Å². The van der Waals surface area contributed by atoms with Crippen LogP contribution < -0.4 is 10.5 Å². The number of hydrogen-bond donors (Lipinski definition) is 1. The molecule has 2 aromatic carbocycles. The Hall–Kier alpha value is -2.15. The first-order valence-corrected chi connectivity index (χ1v) is 10.9. The van der Waals surface area contributed by atoms with Crippen LogP contribution in [0.25, 0.3) is 11.3 Å². The largest absolute Gasteiger partial charge is 0.483 e. The molecule has 1 fully saturated rings. The number of piperidine rings is 1. The Bertz CT molecular complexity index is 992. The van der Waals surface area contributed by atoms with E-state index in [1.54, 1.807) is 6.20 Å². The number of halogens is 1. The highest BCUT2D eigenvalue weighted by Crippen LogP contribution is 2.42. The first kappa shape index (κ1) is 18.9. The van der Waals surface area contributed by atoms with E-state index in [1.165, 1.54) is 11.1 Å². The Morgan fingerprint density at radius 2 is 2.07 bits per heavy atom. The molecule has 29 heavy (non-hydrogen) atoms. The quantitative estimate of drug-likeness (QED) is 0.626. The predicted molar refractivity (Wildman–Crippen MR) is 116 cm³/mol. The van der Waals surface area contributed by atoms with Crippen LogP contribution in [0.1, 0.15) is 30.1 Å². The number of fused-ring (bicyclic) bond motifs is 1. The maximum atomic E-state index is 6.72. The van der Waals surface area contributed by atoms with Gasteiger partial charge >= 0.3 is 0 Å². The summed E-state index contributed by atoms with van der Waals surface area (Å²) in [7, 11) is 0. The highest BCUT2D eigenvalue weighted by Gasteiger charge is 2.39. The number of rotatable bonds is 4. The van der Waals surface area contributed by atoms with Crippen molar-refractivity contribution in [1.29, 1.82) is 0 Å². The van der Waals surface area contributed by atoms with Crippen LogP contribution in [-0.4, -0.2) is 35.2 Å². The van der Waals surface area contributed by atoms with Gasteiger partial charge in [0.1, 0.15) is 11.9 Å². The Kier molecular flexibility index (Phi) is 5.16. The molecular weight excluding hydrogens is 430 g/mol. The first-order valence-electron chi connectivity index (χ1n) is 10.1. The van der Waals surface area contributed by atoms with Gasteiger partial charge in [0.2, 0.25) is 0 Å². The van der Waals surface area contributed by atoms with Gasteiger partial charge in [0.25, 0.3) is 0 Å². The molecule has 0 saturated carbocycles. The van der Waals surface area contributed by atoms with Crippen LogP contribution in [0.5, 0.6) is 5.75 Å². The van der Waals surface area contributed by atoms with E-state index in [2.05, 4.69) is 50.3 Å². The van der Waals surface area contributed by atoms with Crippen LogP contribution in [0.2, 0.25) is 0 Å². The molecule has 1 aromatic heterocycles. The average molecular weight is 454 g/mol. The molecule has 3 atom stereocenters. The molecule has 2 aliphatic rings. The third kappa shape index (κ3) is 3.72. The third-order valence-electron chi connectivity index (χ3n) is 6.00. The lowest BCUT2D eigenvalue weighted by Crippen LogP contribution is -2.49. The number of nitrogens with zero attached hydrogens (tertiary/aromatic N) is 2. The van der Waals surface area contributed by atoms with Gasteiger partial charge in [-0.05, 0) is 55.1 Å². The Labute approximate surface area is 178 Å². The molecule has 1 aliphatic carbocycles. The molecule has 6 heteroatoms. The van der Waals surface area contributed by atoms with E-state index in [0.29, 0.717) is 5.76 Å². The van der Waals surface area contributed by atoms with E-state index >= 15 is 0 Å². The van der Waals surface area contributed by atoms with Crippen molar-refractivity contribution in [1.82, 2.24) is 10.1 Å². The van der Waals surface area contributed by atoms with Gasteiger partial charge in [0.05, 0.1) is 17.8 Å². The summed E-state index contributed by atoms with van der Waals surface area (Å²) in [6.45, 7) is 2.00. The molecule has 0 unspecified atom stereocenters.